The molecule has 4 nitrogen and oxygen atoms in total. The lowest BCUT2D eigenvalue weighted by Crippen LogP contribution is -2.36. The maximum Gasteiger partial charge on any atom is 0.325 e. The van der Waals surface area contributed by atoms with Crippen molar-refractivity contribution in [2.24, 2.45) is 0 Å². The van der Waals surface area contributed by atoms with Crippen LogP contribution in [-0.2, 0) is 9.53 Å². The zero-order valence-corrected chi connectivity index (χ0v) is 14.0. The largest absolute Gasteiger partial charge is 0.465 e. The molecule has 1 heterocycles. The number of nitrogens with zero attached hydrogens (tertiary/aromatic N) is 1. The number of rotatable bonds is 5. The molecule has 0 saturated heterocycles. The van der Waals surface area contributed by atoms with Gasteiger partial charge in [0.2, 0.25) is 0 Å². The minimum Gasteiger partial charge on any atom is -0.465 e. The highest BCUT2D eigenvalue weighted by molar-refractivity contribution is 9.12. The van der Waals surface area contributed by atoms with Crippen molar-refractivity contribution in [3.05, 3.63) is 19.2 Å². The van der Waals surface area contributed by atoms with Crippen LogP contribution in [0.4, 0.5) is 0 Å². The predicted octanol–water partition coefficient (Wildman–Crippen LogP) is 3.30. The van der Waals surface area contributed by atoms with Gasteiger partial charge in [-0.1, -0.05) is 0 Å². The summed E-state index contributed by atoms with van der Waals surface area (Å²) in [7, 11) is 0. The second kappa shape index (κ2) is 7.25. The maximum atomic E-state index is 12.2. The zero-order chi connectivity index (χ0) is 13.7. The second-order valence-corrected chi connectivity index (χ2v) is 7.11. The Kier molecular flexibility index (Phi) is 6.31. The fraction of sp³-hybridized carbons (Fsp3) is 0.455. The van der Waals surface area contributed by atoms with Crippen molar-refractivity contribution < 1.29 is 14.3 Å². The Labute approximate surface area is 127 Å². The molecule has 1 aromatic heterocycles. The van der Waals surface area contributed by atoms with Gasteiger partial charge in [0, 0.05) is 6.54 Å². The van der Waals surface area contributed by atoms with Gasteiger partial charge in [0.1, 0.15) is 6.54 Å². The van der Waals surface area contributed by atoms with Crippen LogP contribution in [0, 0.1) is 0 Å². The minimum atomic E-state index is -0.391. The first-order chi connectivity index (χ1) is 8.49. The van der Waals surface area contributed by atoms with Gasteiger partial charge in [-0.3, -0.25) is 9.59 Å². The first-order valence-electron chi connectivity index (χ1n) is 5.39. The summed E-state index contributed by atoms with van der Waals surface area (Å²) >= 11 is 8.09. The van der Waals surface area contributed by atoms with Crippen molar-refractivity contribution >= 4 is 55.1 Å². The third-order valence-corrected chi connectivity index (χ3v) is 4.52. The first kappa shape index (κ1) is 15.7. The summed E-state index contributed by atoms with van der Waals surface area (Å²) in [5.74, 6) is -0.572. The van der Waals surface area contributed by atoms with Crippen LogP contribution in [0.3, 0.4) is 0 Å². The monoisotopic (exact) mass is 397 g/mol. The molecule has 0 aromatic carbocycles. The molecular formula is C11H13Br2NO3S. The van der Waals surface area contributed by atoms with E-state index in [4.69, 9.17) is 4.74 Å². The summed E-state index contributed by atoms with van der Waals surface area (Å²) in [5, 5.41) is 0. The Bertz CT molecular complexity index is 447. The average Bonchev–Trinajstić information content (AvgIpc) is 2.65. The van der Waals surface area contributed by atoms with Crippen molar-refractivity contribution in [3.8, 4) is 0 Å². The van der Waals surface area contributed by atoms with Crippen LogP contribution in [0.5, 0.6) is 0 Å². The van der Waals surface area contributed by atoms with E-state index in [1.807, 2.05) is 6.92 Å². The summed E-state index contributed by atoms with van der Waals surface area (Å²) in [5.41, 5.74) is 0.554. The Morgan fingerprint density at radius 2 is 2.06 bits per heavy atom. The van der Waals surface area contributed by atoms with E-state index < -0.39 is 5.97 Å². The smallest absolute Gasteiger partial charge is 0.325 e. The number of hydrogen-bond donors (Lipinski definition) is 0. The van der Waals surface area contributed by atoms with Crippen molar-refractivity contribution in [2.75, 3.05) is 19.7 Å². The third kappa shape index (κ3) is 4.07. The highest BCUT2D eigenvalue weighted by Gasteiger charge is 2.21. The van der Waals surface area contributed by atoms with Crippen LogP contribution in [0.1, 0.15) is 24.2 Å². The van der Waals surface area contributed by atoms with Gasteiger partial charge in [-0.2, -0.15) is 0 Å². The summed E-state index contributed by atoms with van der Waals surface area (Å²) in [6.07, 6.45) is 0. The van der Waals surface area contributed by atoms with Crippen LogP contribution >= 0.6 is 43.2 Å². The molecule has 0 aliphatic rings. The number of carbonyl (C=O) groups excluding carboxylic acids is 2. The molecular weight excluding hydrogens is 386 g/mol. The van der Waals surface area contributed by atoms with Crippen molar-refractivity contribution in [2.45, 2.75) is 13.8 Å². The highest BCUT2D eigenvalue weighted by Crippen LogP contribution is 2.32. The molecule has 0 N–H and O–H groups in total. The summed E-state index contributed by atoms with van der Waals surface area (Å²) in [6, 6.07) is 1.74. The minimum absolute atomic E-state index is 0.0247. The highest BCUT2D eigenvalue weighted by atomic mass is 79.9. The van der Waals surface area contributed by atoms with E-state index in [1.54, 1.807) is 13.0 Å². The quantitative estimate of drug-likeness (QED) is 0.715. The number of likely N-dealkylation sites (N-methyl/N-ethyl adjacent to an activating group) is 1. The van der Waals surface area contributed by atoms with Gasteiger partial charge < -0.3 is 9.64 Å². The molecule has 0 fully saturated rings. The van der Waals surface area contributed by atoms with Crippen LogP contribution in [-0.4, -0.2) is 36.5 Å². The molecule has 0 saturated carbocycles. The third-order valence-electron chi connectivity index (χ3n) is 2.18. The van der Waals surface area contributed by atoms with Crippen molar-refractivity contribution in [3.63, 3.8) is 0 Å². The number of halogens is 2. The standard InChI is InChI=1S/C11H13Br2NO3S/c1-3-14(6-9(15)17-4-2)11(16)7-5-8(12)18-10(7)13/h5H,3-4,6H2,1-2H3. The number of thiophene rings is 1. The van der Waals surface area contributed by atoms with Gasteiger partial charge in [0.05, 0.1) is 19.7 Å². The molecule has 0 spiro atoms. The van der Waals surface area contributed by atoms with Gasteiger partial charge in [0.25, 0.3) is 5.91 Å². The maximum absolute atomic E-state index is 12.2. The Balaban J connectivity index is 2.79. The van der Waals surface area contributed by atoms with Gasteiger partial charge >= 0.3 is 5.97 Å². The van der Waals surface area contributed by atoms with Crippen LogP contribution in [0.15, 0.2) is 13.6 Å². The molecule has 0 bridgehead atoms. The molecule has 0 radical (unpaired) electrons. The molecule has 7 heteroatoms. The molecule has 0 aliphatic carbocycles. The Morgan fingerprint density at radius 3 is 2.50 bits per heavy atom. The number of amides is 1. The van der Waals surface area contributed by atoms with E-state index in [9.17, 15) is 9.59 Å². The van der Waals surface area contributed by atoms with Crippen molar-refractivity contribution in [1.82, 2.24) is 4.90 Å². The normalized spacial score (nSPS) is 10.2. The van der Waals surface area contributed by atoms with Crippen LogP contribution in [0.25, 0.3) is 0 Å². The summed E-state index contributed by atoms with van der Waals surface area (Å²) in [4.78, 5) is 25.1. The SMILES string of the molecule is CCOC(=O)CN(CC)C(=O)c1cc(Br)sc1Br. The molecule has 100 valence electrons. The van der Waals surface area contributed by atoms with Crippen LogP contribution in [0.2, 0.25) is 0 Å². The molecule has 1 rings (SSSR count). The molecule has 1 aromatic rings. The fourth-order valence-corrected chi connectivity index (χ4v) is 4.12. The summed E-state index contributed by atoms with van der Waals surface area (Å²) < 4.78 is 6.46. The zero-order valence-electron chi connectivity index (χ0n) is 10.0. The van der Waals surface area contributed by atoms with Gasteiger partial charge in [0.15, 0.2) is 0 Å². The van der Waals surface area contributed by atoms with Gasteiger partial charge in [-0.15, -0.1) is 11.3 Å². The van der Waals surface area contributed by atoms with E-state index in [0.717, 1.165) is 7.57 Å². The second-order valence-electron chi connectivity index (χ2n) is 3.36. The van der Waals surface area contributed by atoms with E-state index >= 15 is 0 Å². The van der Waals surface area contributed by atoms with Crippen molar-refractivity contribution in [1.29, 1.82) is 0 Å². The summed E-state index contributed by atoms with van der Waals surface area (Å²) in [6.45, 7) is 4.31. The number of ether oxygens (including phenoxy) is 1. The number of esters is 1. The Morgan fingerprint density at radius 1 is 1.39 bits per heavy atom. The lowest BCUT2D eigenvalue weighted by molar-refractivity contribution is -0.143. The first-order valence-corrected chi connectivity index (χ1v) is 7.79. The Hall–Kier alpha value is -0.400. The lowest BCUT2D eigenvalue weighted by atomic mass is 10.3. The molecule has 0 atom stereocenters. The lowest BCUT2D eigenvalue weighted by Gasteiger charge is -2.19. The topological polar surface area (TPSA) is 46.6 Å². The molecule has 18 heavy (non-hydrogen) atoms. The number of carbonyl (C=O) groups is 2. The number of hydrogen-bond acceptors (Lipinski definition) is 4. The van der Waals surface area contributed by atoms with Gasteiger partial charge in [-0.25, -0.2) is 0 Å². The van der Waals surface area contributed by atoms with E-state index in [0.29, 0.717) is 18.7 Å². The average molecular weight is 399 g/mol. The van der Waals surface area contributed by atoms with Gasteiger partial charge in [-0.05, 0) is 51.8 Å². The van der Waals surface area contributed by atoms with Crippen LogP contribution < -0.4 is 0 Å². The molecule has 1 amide bonds. The van der Waals surface area contributed by atoms with E-state index in [-0.39, 0.29) is 12.5 Å². The fourth-order valence-electron chi connectivity index (χ4n) is 1.35. The molecule has 0 aliphatic heterocycles. The molecule has 0 unspecified atom stereocenters. The van der Waals surface area contributed by atoms with E-state index in [2.05, 4.69) is 31.9 Å². The predicted molar refractivity (Wildman–Crippen MR) is 77.9 cm³/mol. The van der Waals surface area contributed by atoms with E-state index in [1.165, 1.54) is 16.2 Å².